The maximum absolute atomic E-state index is 12.3. The fraction of sp³-hybridized carbons (Fsp3) is 0.368. The molecule has 26 heavy (non-hydrogen) atoms. The van der Waals surface area contributed by atoms with Crippen molar-refractivity contribution in [2.75, 3.05) is 5.32 Å². The Morgan fingerprint density at radius 2 is 2.04 bits per heavy atom. The molecule has 7 heteroatoms. The molecule has 0 aliphatic heterocycles. The molecule has 0 unspecified atom stereocenters. The van der Waals surface area contributed by atoms with Crippen molar-refractivity contribution in [2.45, 2.75) is 46.0 Å². The van der Waals surface area contributed by atoms with Gasteiger partial charge in [0.05, 0.1) is 12.1 Å². The maximum atomic E-state index is 12.3. The lowest BCUT2D eigenvalue weighted by molar-refractivity contribution is -0.115. The summed E-state index contributed by atoms with van der Waals surface area (Å²) in [5.74, 6) is 0.298. The number of aryl methyl sites for hydroxylation is 1. The molecule has 3 rings (SSSR count). The molecule has 0 spiro atoms. The Kier molecular flexibility index (Phi) is 6.11. The minimum absolute atomic E-state index is 0.113. The zero-order chi connectivity index (χ0) is 18.5. The first-order valence-electron chi connectivity index (χ1n) is 8.73. The van der Waals surface area contributed by atoms with Crippen LogP contribution in [0.1, 0.15) is 48.9 Å². The molecule has 0 aliphatic carbocycles. The van der Waals surface area contributed by atoms with E-state index < -0.39 is 0 Å². The minimum Gasteiger partial charge on any atom is -0.300 e. The first-order chi connectivity index (χ1) is 12.6. The number of benzene rings is 1. The van der Waals surface area contributed by atoms with Crippen LogP contribution >= 0.6 is 22.7 Å². The standard InChI is InChI=1S/C19H22N4OS2/c1-4-13(5-2)18-22-23-19(26-18)21-16(24)10-15-11-25-17(20-15)14-8-6-7-12(3)9-14/h6-9,11,13H,4-5,10H2,1-3H3,(H,21,23,24). The smallest absolute Gasteiger partial charge is 0.232 e. The summed E-state index contributed by atoms with van der Waals surface area (Å²) in [4.78, 5) is 16.9. The average Bonchev–Trinajstić information content (AvgIpc) is 3.26. The van der Waals surface area contributed by atoms with Crippen LogP contribution in [0.4, 0.5) is 5.13 Å². The number of thiazole rings is 1. The van der Waals surface area contributed by atoms with Crippen molar-refractivity contribution in [2.24, 2.45) is 0 Å². The van der Waals surface area contributed by atoms with Crippen LogP contribution in [0.3, 0.4) is 0 Å². The van der Waals surface area contributed by atoms with Gasteiger partial charge < -0.3 is 5.32 Å². The van der Waals surface area contributed by atoms with Crippen molar-refractivity contribution >= 4 is 33.7 Å². The van der Waals surface area contributed by atoms with E-state index in [9.17, 15) is 4.79 Å². The molecule has 5 nitrogen and oxygen atoms in total. The van der Waals surface area contributed by atoms with Gasteiger partial charge in [-0.05, 0) is 25.8 Å². The van der Waals surface area contributed by atoms with Crippen molar-refractivity contribution < 1.29 is 4.79 Å². The number of hydrogen-bond acceptors (Lipinski definition) is 6. The molecule has 136 valence electrons. The summed E-state index contributed by atoms with van der Waals surface area (Å²) >= 11 is 3.02. The highest BCUT2D eigenvalue weighted by Crippen LogP contribution is 2.28. The van der Waals surface area contributed by atoms with E-state index in [0.717, 1.165) is 34.1 Å². The van der Waals surface area contributed by atoms with Gasteiger partial charge in [0.25, 0.3) is 0 Å². The van der Waals surface area contributed by atoms with Gasteiger partial charge in [0, 0.05) is 16.9 Å². The third-order valence-corrected chi connectivity index (χ3v) is 6.12. The molecular weight excluding hydrogens is 364 g/mol. The number of carbonyl (C=O) groups is 1. The molecule has 1 amide bonds. The summed E-state index contributed by atoms with van der Waals surface area (Å²) in [5.41, 5.74) is 3.05. The summed E-state index contributed by atoms with van der Waals surface area (Å²) in [6, 6.07) is 8.22. The van der Waals surface area contributed by atoms with E-state index in [2.05, 4.69) is 53.4 Å². The molecule has 0 aliphatic rings. The lowest BCUT2D eigenvalue weighted by atomic mass is 10.1. The van der Waals surface area contributed by atoms with Crippen LogP contribution in [0.15, 0.2) is 29.6 Å². The van der Waals surface area contributed by atoms with Crippen LogP contribution < -0.4 is 5.32 Å². The molecule has 0 fully saturated rings. The Labute approximate surface area is 161 Å². The fourth-order valence-corrected chi connectivity index (χ4v) is 4.56. The number of nitrogens with zero attached hydrogens (tertiary/aromatic N) is 3. The number of amides is 1. The average molecular weight is 387 g/mol. The first-order valence-corrected chi connectivity index (χ1v) is 10.4. The van der Waals surface area contributed by atoms with Crippen molar-refractivity contribution in [1.29, 1.82) is 0 Å². The SMILES string of the molecule is CCC(CC)c1nnc(NC(=O)Cc2csc(-c3cccc(C)c3)n2)s1. The second kappa shape index (κ2) is 8.51. The van der Waals surface area contributed by atoms with Gasteiger partial charge in [-0.2, -0.15) is 0 Å². The highest BCUT2D eigenvalue weighted by atomic mass is 32.1. The summed E-state index contributed by atoms with van der Waals surface area (Å²) < 4.78 is 0. The lowest BCUT2D eigenvalue weighted by Crippen LogP contribution is -2.14. The van der Waals surface area contributed by atoms with Gasteiger partial charge >= 0.3 is 0 Å². The number of anilines is 1. The highest BCUT2D eigenvalue weighted by molar-refractivity contribution is 7.15. The topological polar surface area (TPSA) is 67.8 Å². The Balaban J connectivity index is 1.62. The first kappa shape index (κ1) is 18.7. The van der Waals surface area contributed by atoms with Gasteiger partial charge in [0.15, 0.2) is 0 Å². The fourth-order valence-electron chi connectivity index (χ4n) is 2.71. The van der Waals surface area contributed by atoms with Crippen LogP contribution in [0, 0.1) is 6.92 Å². The van der Waals surface area contributed by atoms with Crippen LogP contribution in [0.5, 0.6) is 0 Å². The summed E-state index contributed by atoms with van der Waals surface area (Å²) in [6.07, 6.45) is 2.29. The molecule has 0 radical (unpaired) electrons. The predicted octanol–water partition coefficient (Wildman–Crippen LogP) is 5.05. The Bertz CT molecular complexity index is 883. The summed E-state index contributed by atoms with van der Waals surface area (Å²) in [5, 5.41) is 15.6. The van der Waals surface area contributed by atoms with E-state index in [4.69, 9.17) is 0 Å². The Morgan fingerprint density at radius 3 is 2.77 bits per heavy atom. The third-order valence-electron chi connectivity index (χ3n) is 4.18. The Morgan fingerprint density at radius 1 is 1.23 bits per heavy atom. The van der Waals surface area contributed by atoms with Crippen LogP contribution in [-0.2, 0) is 11.2 Å². The lowest BCUT2D eigenvalue weighted by Gasteiger charge is -2.05. The molecule has 2 aromatic heterocycles. The zero-order valence-corrected chi connectivity index (χ0v) is 16.8. The molecule has 2 heterocycles. The van der Waals surface area contributed by atoms with Gasteiger partial charge in [-0.1, -0.05) is 48.9 Å². The van der Waals surface area contributed by atoms with Crippen LogP contribution in [0.25, 0.3) is 10.6 Å². The third kappa shape index (κ3) is 4.53. The van der Waals surface area contributed by atoms with E-state index in [1.807, 2.05) is 17.5 Å². The van der Waals surface area contributed by atoms with Crippen molar-refractivity contribution in [3.8, 4) is 10.6 Å². The van der Waals surface area contributed by atoms with Gasteiger partial charge in [-0.15, -0.1) is 21.5 Å². The summed E-state index contributed by atoms with van der Waals surface area (Å²) in [6.45, 7) is 6.34. The number of aromatic nitrogens is 3. The van der Waals surface area contributed by atoms with Gasteiger partial charge in [-0.3, -0.25) is 4.79 Å². The largest absolute Gasteiger partial charge is 0.300 e. The Hall–Kier alpha value is -2.12. The monoisotopic (exact) mass is 386 g/mol. The number of carbonyl (C=O) groups excluding carboxylic acids is 1. The van der Waals surface area contributed by atoms with E-state index in [1.54, 1.807) is 11.3 Å². The number of hydrogen-bond donors (Lipinski definition) is 1. The van der Waals surface area contributed by atoms with Crippen molar-refractivity contribution in [3.63, 3.8) is 0 Å². The highest BCUT2D eigenvalue weighted by Gasteiger charge is 2.15. The van der Waals surface area contributed by atoms with E-state index in [0.29, 0.717) is 11.0 Å². The predicted molar refractivity (Wildman–Crippen MR) is 108 cm³/mol. The van der Waals surface area contributed by atoms with Crippen LogP contribution in [-0.4, -0.2) is 21.1 Å². The number of nitrogens with one attached hydrogen (secondary N) is 1. The van der Waals surface area contributed by atoms with Crippen molar-refractivity contribution in [3.05, 3.63) is 45.9 Å². The zero-order valence-electron chi connectivity index (χ0n) is 15.2. The van der Waals surface area contributed by atoms with Gasteiger partial charge in [0.2, 0.25) is 11.0 Å². The molecule has 0 bridgehead atoms. The van der Waals surface area contributed by atoms with Crippen molar-refractivity contribution in [1.82, 2.24) is 15.2 Å². The second-order valence-corrected chi connectivity index (χ2v) is 8.06. The van der Waals surface area contributed by atoms with E-state index in [-0.39, 0.29) is 12.3 Å². The molecule has 1 N–H and O–H groups in total. The second-order valence-electron chi connectivity index (χ2n) is 6.20. The van der Waals surface area contributed by atoms with E-state index in [1.165, 1.54) is 16.9 Å². The maximum Gasteiger partial charge on any atom is 0.232 e. The molecule has 0 saturated heterocycles. The molecule has 0 atom stereocenters. The van der Waals surface area contributed by atoms with E-state index >= 15 is 0 Å². The summed E-state index contributed by atoms with van der Waals surface area (Å²) in [7, 11) is 0. The molecule has 1 aromatic carbocycles. The van der Waals surface area contributed by atoms with Gasteiger partial charge in [-0.25, -0.2) is 4.98 Å². The van der Waals surface area contributed by atoms with Crippen LogP contribution in [0.2, 0.25) is 0 Å². The quantitative estimate of drug-likeness (QED) is 0.616. The molecule has 0 saturated carbocycles. The minimum atomic E-state index is -0.113. The molecular formula is C19H22N4OS2. The normalized spacial score (nSPS) is 11.1. The molecule has 3 aromatic rings. The van der Waals surface area contributed by atoms with Gasteiger partial charge in [0.1, 0.15) is 10.0 Å². The number of rotatable bonds is 7.